The van der Waals surface area contributed by atoms with E-state index in [9.17, 15) is 0 Å². The van der Waals surface area contributed by atoms with Crippen LogP contribution in [-0.4, -0.2) is 23.7 Å². The molecular weight excluding hydrogens is 1130 g/mol. The summed E-state index contributed by atoms with van der Waals surface area (Å²) in [5.41, 5.74) is 35.0. The highest BCUT2D eigenvalue weighted by Crippen LogP contribution is 2.54. The van der Waals surface area contributed by atoms with Gasteiger partial charge in [-0.15, -0.1) is 0 Å². The van der Waals surface area contributed by atoms with Crippen LogP contribution >= 0.6 is 0 Å². The van der Waals surface area contributed by atoms with E-state index in [-0.39, 0.29) is 0 Å². The van der Waals surface area contributed by atoms with Crippen LogP contribution in [0.1, 0.15) is 12.0 Å². The molecule has 4 aliphatic rings. The molecule has 4 aliphatic heterocycles. The summed E-state index contributed by atoms with van der Waals surface area (Å²) >= 11 is 0. The van der Waals surface area contributed by atoms with E-state index in [2.05, 4.69) is 336 Å². The van der Waals surface area contributed by atoms with Gasteiger partial charge in [-0.05, 0) is 124 Å². The fourth-order valence-electron chi connectivity index (χ4n) is 15.6. The van der Waals surface area contributed by atoms with Crippen LogP contribution in [0.15, 0.2) is 303 Å². The molecule has 4 aromatic heterocycles. The third-order valence-corrected chi connectivity index (χ3v) is 19.7. The molecule has 0 spiro atoms. The number of para-hydroxylation sites is 6. The maximum Gasteiger partial charge on any atom is 0.241 e. The summed E-state index contributed by atoms with van der Waals surface area (Å²) < 4.78 is 9.05. The van der Waals surface area contributed by atoms with Gasteiger partial charge in [-0.1, -0.05) is 215 Å². The molecule has 0 aliphatic carbocycles. The minimum Gasteiger partial charge on any atom is -0.309 e. The van der Waals surface area contributed by atoms with Gasteiger partial charge in [0.25, 0.3) is 0 Å². The van der Waals surface area contributed by atoms with Crippen LogP contribution in [-0.2, 0) is 13.0 Å². The number of anilines is 9. The first-order valence-corrected chi connectivity index (χ1v) is 32.1. The van der Waals surface area contributed by atoms with Crippen molar-refractivity contribution in [3.8, 4) is 101 Å². The first-order valence-electron chi connectivity index (χ1n) is 32.1. The van der Waals surface area contributed by atoms with E-state index >= 15 is 0 Å². The van der Waals surface area contributed by atoms with Crippen molar-refractivity contribution in [3.63, 3.8) is 0 Å². The quantitative estimate of drug-likeness (QED) is 0.161. The predicted octanol–water partition coefficient (Wildman–Crippen LogP) is 20.8. The predicted molar refractivity (Wildman–Crippen MR) is 377 cm³/mol. The molecule has 16 aromatic rings. The summed E-state index contributed by atoms with van der Waals surface area (Å²) in [6.45, 7) is 0.792. The molecule has 0 amide bonds. The van der Waals surface area contributed by atoms with Gasteiger partial charge < -0.3 is 14.7 Å². The highest BCUT2D eigenvalue weighted by molar-refractivity contribution is 6.05. The van der Waals surface area contributed by atoms with Crippen molar-refractivity contribution in [1.29, 1.82) is 0 Å². The molecule has 8 heterocycles. The molecule has 436 valence electrons. The van der Waals surface area contributed by atoms with Gasteiger partial charge >= 0.3 is 0 Å². The molecule has 0 saturated heterocycles. The molecule has 93 heavy (non-hydrogen) atoms. The summed E-state index contributed by atoms with van der Waals surface area (Å²) in [5, 5.41) is 11.2. The van der Waals surface area contributed by atoms with Gasteiger partial charge in [-0.25, -0.2) is 0 Å². The van der Waals surface area contributed by atoms with Crippen molar-refractivity contribution in [1.82, 2.24) is 23.7 Å². The Bertz CT molecular complexity index is 5570. The van der Waals surface area contributed by atoms with E-state index in [0.29, 0.717) is 0 Å². The van der Waals surface area contributed by atoms with Crippen LogP contribution in [0.4, 0.5) is 51.2 Å². The molecular formula is C84H56N9+. The number of hydrogen-bond donors (Lipinski definition) is 0. The van der Waals surface area contributed by atoms with Gasteiger partial charge in [0, 0.05) is 80.1 Å². The molecule has 0 fully saturated rings. The molecule has 20 rings (SSSR count). The van der Waals surface area contributed by atoms with Crippen LogP contribution in [0.2, 0.25) is 0 Å². The van der Waals surface area contributed by atoms with Crippen LogP contribution < -0.4 is 19.4 Å². The van der Waals surface area contributed by atoms with Gasteiger partial charge in [0.15, 0.2) is 12.2 Å². The van der Waals surface area contributed by atoms with Crippen molar-refractivity contribution in [2.24, 2.45) is 0 Å². The summed E-state index contributed by atoms with van der Waals surface area (Å²) in [6.07, 6.45) is 1.86. The normalized spacial score (nSPS) is 13.2. The number of aryl methyl sites for hydroxylation is 2. The third-order valence-electron chi connectivity index (χ3n) is 19.7. The van der Waals surface area contributed by atoms with E-state index < -0.39 is 0 Å². The zero-order valence-corrected chi connectivity index (χ0v) is 50.5. The standard InChI is InChI=1S/C84H56N9/c1-2-22-62-61(21-1)67-27-7-13-33-75(67)88(76-34-14-8-28-68(62)76)57-43-39-54(40-44-57)73-51-82-91-83(52-74(86-91)55-41-45-58(46-42-55)89-77-35-15-9-29-69(77)63-23-3-4-24-64(63)70-30-10-16-36-78(70)89)93-84(92(82)85-73)53-81-60-48-47-59(50-56(60)20-19-49-87(81)93)90-79-37-17-11-31-71(79)65-25-5-6-26-66(65)72-32-12-18-38-80(72)90/h1-18,21-48,50-53H,19-20,49H2/q+1. The third kappa shape index (κ3) is 7.71. The Morgan fingerprint density at radius 2 is 0.581 bits per heavy atom. The van der Waals surface area contributed by atoms with Crippen LogP contribution in [0, 0.1) is 0 Å². The summed E-state index contributed by atoms with van der Waals surface area (Å²) in [5.74, 6) is 0. The van der Waals surface area contributed by atoms with Crippen LogP contribution in [0.3, 0.4) is 0 Å². The molecule has 0 N–H and O–H groups in total. The smallest absolute Gasteiger partial charge is 0.241 e. The van der Waals surface area contributed by atoms with Gasteiger partial charge in [-0.3, -0.25) is 0 Å². The fourth-order valence-corrected chi connectivity index (χ4v) is 15.6. The molecule has 0 unspecified atom stereocenters. The Morgan fingerprint density at radius 1 is 0.269 bits per heavy atom. The topological polar surface area (TPSA) is 52.6 Å². The largest absolute Gasteiger partial charge is 0.309 e. The number of aromatic nitrogens is 6. The van der Waals surface area contributed by atoms with Crippen molar-refractivity contribution in [2.75, 3.05) is 14.7 Å². The number of benzene rings is 12. The molecule has 9 heteroatoms. The lowest BCUT2D eigenvalue weighted by Gasteiger charge is -2.28. The number of fused-ring (bicyclic) bond motifs is 25. The van der Waals surface area contributed by atoms with Crippen molar-refractivity contribution in [2.45, 2.75) is 19.4 Å². The minimum absolute atomic E-state index is 0.792. The second-order valence-electron chi connectivity index (χ2n) is 24.7. The molecule has 0 bridgehead atoms. The van der Waals surface area contributed by atoms with E-state index in [1.54, 1.807) is 0 Å². The maximum absolute atomic E-state index is 5.58. The molecule has 0 atom stereocenters. The first kappa shape index (κ1) is 51.5. The highest BCUT2D eigenvalue weighted by atomic mass is 15.5. The van der Waals surface area contributed by atoms with Crippen molar-refractivity contribution >= 4 is 68.1 Å². The molecule has 12 aromatic carbocycles. The van der Waals surface area contributed by atoms with Gasteiger partial charge in [0.1, 0.15) is 0 Å². The van der Waals surface area contributed by atoms with E-state index in [0.717, 1.165) is 104 Å². The Morgan fingerprint density at radius 3 is 0.957 bits per heavy atom. The SMILES string of the molecule is c1ccc2c(c1)-c1ccccc1N(c1ccc(-c3cc4n(n3)c3cc(-c5ccc(N6c7ccccc7-c7ccccc7-c7ccccc76)cc5)nn3c3cc5[n+](n43)CCCc3cc(N4c6ccccc6-c6ccccc6-c6ccccc64)ccc3-5)cc1)c1ccccc1-2. The Balaban J connectivity index is 0.743. The van der Waals surface area contributed by atoms with Gasteiger partial charge in [0.2, 0.25) is 17.0 Å². The maximum atomic E-state index is 5.58. The molecule has 0 saturated carbocycles. The second kappa shape index (κ2) is 20.1. The zero-order chi connectivity index (χ0) is 60.8. The summed E-state index contributed by atoms with van der Waals surface area (Å²) in [4.78, 5) is 7.29. The van der Waals surface area contributed by atoms with Crippen LogP contribution in [0.25, 0.3) is 117 Å². The Kier molecular flexibility index (Phi) is 11.1. The lowest BCUT2D eigenvalue weighted by molar-refractivity contribution is -0.748. The average Bonchev–Trinajstić information content (AvgIpc) is 1.56. The lowest BCUT2D eigenvalue weighted by atomic mass is 9.95. The minimum atomic E-state index is 0.792. The summed E-state index contributed by atoms with van der Waals surface area (Å²) in [7, 11) is 0. The first-order chi connectivity index (χ1) is 46.1. The molecule has 0 radical (unpaired) electrons. The number of hydrogen-bond acceptors (Lipinski definition) is 5. The van der Waals surface area contributed by atoms with Crippen molar-refractivity contribution < 1.29 is 4.68 Å². The van der Waals surface area contributed by atoms with Gasteiger partial charge in [0.05, 0.1) is 57.1 Å². The van der Waals surface area contributed by atoms with Crippen LogP contribution in [0.5, 0.6) is 0 Å². The second-order valence-corrected chi connectivity index (χ2v) is 24.7. The van der Waals surface area contributed by atoms with E-state index in [1.165, 1.54) is 89.3 Å². The monoisotopic (exact) mass is 1190 g/mol. The Hall–Kier alpha value is -12.3. The lowest BCUT2D eigenvalue weighted by Crippen LogP contribution is -2.41. The average molecular weight is 1190 g/mol. The number of nitrogens with zero attached hydrogens (tertiary/aromatic N) is 9. The zero-order valence-electron chi connectivity index (χ0n) is 50.5. The molecule has 9 nitrogen and oxygen atoms in total. The van der Waals surface area contributed by atoms with Gasteiger partial charge in [-0.2, -0.15) is 19.2 Å². The summed E-state index contributed by atoms with van der Waals surface area (Å²) in [6, 6.07) is 111. The Labute approximate surface area is 537 Å². The number of rotatable bonds is 5. The highest BCUT2D eigenvalue weighted by Gasteiger charge is 2.34. The van der Waals surface area contributed by atoms with Crippen molar-refractivity contribution in [3.05, 3.63) is 309 Å². The van der Waals surface area contributed by atoms with E-state index in [4.69, 9.17) is 10.2 Å². The fraction of sp³-hybridized carbons (Fsp3) is 0.0357. The van der Waals surface area contributed by atoms with E-state index in [1.807, 2.05) is 0 Å².